The minimum atomic E-state index is -0.645. The Balaban J connectivity index is 3.08. The largest absolute Gasteiger partial charge is 0.463 e. The second-order valence-corrected chi connectivity index (χ2v) is 4.68. The topological polar surface area (TPSA) is 72.5 Å². The van der Waals surface area contributed by atoms with Gasteiger partial charge in [0, 0.05) is 25.4 Å². The molecule has 7 nitrogen and oxygen atoms in total. The SMILES string of the molecule is CCOCOc1cc(C(=O)Cl)cc(OCOCC)c1OCOCC. The number of benzene rings is 1. The number of carbonyl (C=O) groups excluding carboxylic acids is 1. The Bertz CT molecular complexity index is 476. The summed E-state index contributed by atoms with van der Waals surface area (Å²) in [5.41, 5.74) is 0.207. The van der Waals surface area contributed by atoms with E-state index in [1.165, 1.54) is 12.1 Å². The predicted octanol–water partition coefficient (Wildman–Crippen LogP) is 3.18. The minimum absolute atomic E-state index is 0.000653. The van der Waals surface area contributed by atoms with Crippen LogP contribution in [0.1, 0.15) is 31.1 Å². The third kappa shape index (κ3) is 6.92. The third-order valence-electron chi connectivity index (χ3n) is 2.74. The first kappa shape index (κ1) is 20.5. The van der Waals surface area contributed by atoms with Crippen LogP contribution in [0.2, 0.25) is 0 Å². The normalized spacial score (nSPS) is 10.5. The zero-order valence-electron chi connectivity index (χ0n) is 14.1. The Hall–Kier alpha value is -1.54. The Morgan fingerprint density at radius 1 is 0.833 bits per heavy atom. The molecule has 0 bridgehead atoms. The second kappa shape index (κ2) is 11.9. The molecular formula is C16H23ClO7. The maximum Gasteiger partial charge on any atom is 0.252 e. The van der Waals surface area contributed by atoms with Crippen molar-refractivity contribution in [2.45, 2.75) is 20.8 Å². The fourth-order valence-corrected chi connectivity index (χ4v) is 1.72. The first-order valence-electron chi connectivity index (χ1n) is 7.63. The van der Waals surface area contributed by atoms with Crippen LogP contribution in [0.25, 0.3) is 0 Å². The van der Waals surface area contributed by atoms with Crippen molar-refractivity contribution < 1.29 is 33.2 Å². The van der Waals surface area contributed by atoms with Gasteiger partial charge in [-0.3, -0.25) is 4.79 Å². The molecule has 0 aliphatic heterocycles. The van der Waals surface area contributed by atoms with Crippen molar-refractivity contribution in [2.75, 3.05) is 40.2 Å². The van der Waals surface area contributed by atoms with E-state index < -0.39 is 5.24 Å². The van der Waals surface area contributed by atoms with Crippen LogP contribution >= 0.6 is 11.6 Å². The highest BCUT2D eigenvalue weighted by Crippen LogP contribution is 2.39. The molecule has 1 aromatic carbocycles. The summed E-state index contributed by atoms with van der Waals surface area (Å²) in [7, 11) is 0. The zero-order chi connectivity index (χ0) is 17.8. The summed E-state index contributed by atoms with van der Waals surface area (Å²) < 4.78 is 32.1. The molecule has 0 fully saturated rings. The van der Waals surface area contributed by atoms with Crippen LogP contribution in [-0.4, -0.2) is 45.4 Å². The Morgan fingerprint density at radius 2 is 1.25 bits per heavy atom. The summed E-state index contributed by atoms with van der Waals surface area (Å²) in [6.07, 6.45) is 0. The molecule has 0 atom stereocenters. The molecule has 8 heteroatoms. The van der Waals surface area contributed by atoms with Gasteiger partial charge >= 0.3 is 0 Å². The molecule has 0 aromatic heterocycles. The lowest BCUT2D eigenvalue weighted by Crippen LogP contribution is -2.10. The molecule has 0 aliphatic rings. The Kier molecular flexibility index (Phi) is 10.2. The van der Waals surface area contributed by atoms with E-state index in [0.29, 0.717) is 19.8 Å². The monoisotopic (exact) mass is 362 g/mol. The van der Waals surface area contributed by atoms with Gasteiger partial charge in [0.1, 0.15) is 0 Å². The highest BCUT2D eigenvalue weighted by atomic mass is 35.5. The van der Waals surface area contributed by atoms with Crippen molar-refractivity contribution in [3.8, 4) is 17.2 Å². The molecule has 0 unspecified atom stereocenters. The van der Waals surface area contributed by atoms with Crippen molar-refractivity contribution in [3.63, 3.8) is 0 Å². The molecule has 0 N–H and O–H groups in total. The maximum atomic E-state index is 11.5. The molecule has 24 heavy (non-hydrogen) atoms. The van der Waals surface area contributed by atoms with E-state index in [0.717, 1.165) is 0 Å². The predicted molar refractivity (Wildman–Crippen MR) is 88.0 cm³/mol. The molecule has 1 rings (SSSR count). The van der Waals surface area contributed by atoms with E-state index >= 15 is 0 Å². The third-order valence-corrected chi connectivity index (χ3v) is 2.96. The van der Waals surface area contributed by atoms with Crippen LogP contribution in [-0.2, 0) is 14.2 Å². The van der Waals surface area contributed by atoms with Gasteiger partial charge in [0.15, 0.2) is 31.9 Å². The van der Waals surface area contributed by atoms with Crippen LogP contribution in [0, 0.1) is 0 Å². The fraction of sp³-hybridized carbons (Fsp3) is 0.562. The van der Waals surface area contributed by atoms with Crippen LogP contribution in [0.3, 0.4) is 0 Å². The maximum absolute atomic E-state index is 11.5. The van der Waals surface area contributed by atoms with Crippen molar-refractivity contribution >= 4 is 16.8 Å². The summed E-state index contributed by atoms with van der Waals surface area (Å²) in [5, 5.41) is -0.645. The number of hydrogen-bond donors (Lipinski definition) is 0. The van der Waals surface area contributed by atoms with Gasteiger partial charge in [-0.05, 0) is 44.5 Å². The zero-order valence-corrected chi connectivity index (χ0v) is 14.9. The van der Waals surface area contributed by atoms with E-state index in [-0.39, 0.29) is 43.2 Å². The van der Waals surface area contributed by atoms with E-state index in [9.17, 15) is 4.79 Å². The van der Waals surface area contributed by atoms with E-state index in [1.54, 1.807) is 0 Å². The van der Waals surface area contributed by atoms with Gasteiger partial charge in [0.05, 0.1) is 0 Å². The standard InChI is InChI=1S/C16H23ClO7/c1-4-19-9-22-13-7-12(16(17)18)8-14(23-10-20-5-2)15(13)24-11-21-6-3/h7-8H,4-6,9-11H2,1-3H3. The quantitative estimate of drug-likeness (QED) is 0.303. The number of carbonyl (C=O) groups is 1. The minimum Gasteiger partial charge on any atom is -0.463 e. The smallest absolute Gasteiger partial charge is 0.252 e. The van der Waals surface area contributed by atoms with Gasteiger partial charge in [-0.25, -0.2) is 0 Å². The van der Waals surface area contributed by atoms with Crippen LogP contribution in [0.4, 0.5) is 0 Å². The molecule has 0 heterocycles. The van der Waals surface area contributed by atoms with Crippen molar-refractivity contribution in [3.05, 3.63) is 17.7 Å². The molecular weight excluding hydrogens is 340 g/mol. The highest BCUT2D eigenvalue weighted by molar-refractivity contribution is 6.67. The van der Waals surface area contributed by atoms with E-state index in [1.807, 2.05) is 20.8 Å². The molecule has 0 aliphatic carbocycles. The average molecular weight is 363 g/mol. The summed E-state index contributed by atoms with van der Waals surface area (Å²) in [6.45, 7) is 6.96. The van der Waals surface area contributed by atoms with Gasteiger partial charge < -0.3 is 28.4 Å². The highest BCUT2D eigenvalue weighted by Gasteiger charge is 2.18. The van der Waals surface area contributed by atoms with E-state index in [4.69, 9.17) is 40.0 Å². The first-order chi connectivity index (χ1) is 11.6. The van der Waals surface area contributed by atoms with Gasteiger partial charge in [-0.1, -0.05) is 0 Å². The van der Waals surface area contributed by atoms with Gasteiger partial charge in [0.25, 0.3) is 5.24 Å². The number of hydrogen-bond acceptors (Lipinski definition) is 7. The van der Waals surface area contributed by atoms with Crippen molar-refractivity contribution in [1.29, 1.82) is 0 Å². The second-order valence-electron chi connectivity index (χ2n) is 4.34. The summed E-state index contributed by atoms with van der Waals surface area (Å²) in [6, 6.07) is 2.92. The van der Waals surface area contributed by atoms with Gasteiger partial charge in [-0.2, -0.15) is 0 Å². The number of ether oxygens (including phenoxy) is 6. The lowest BCUT2D eigenvalue weighted by Gasteiger charge is -2.17. The van der Waals surface area contributed by atoms with Gasteiger partial charge in [-0.15, -0.1) is 0 Å². The number of rotatable bonds is 13. The van der Waals surface area contributed by atoms with Gasteiger partial charge in [0.2, 0.25) is 5.75 Å². The summed E-state index contributed by atoms with van der Waals surface area (Å²) in [4.78, 5) is 11.5. The molecule has 1 aromatic rings. The molecule has 0 amide bonds. The fourth-order valence-electron chi connectivity index (χ4n) is 1.61. The van der Waals surface area contributed by atoms with Crippen molar-refractivity contribution in [1.82, 2.24) is 0 Å². The molecule has 136 valence electrons. The number of halogens is 1. The Labute approximate surface area is 146 Å². The van der Waals surface area contributed by atoms with Crippen LogP contribution in [0.15, 0.2) is 12.1 Å². The molecule has 0 saturated heterocycles. The lowest BCUT2D eigenvalue weighted by molar-refractivity contribution is -0.00305. The average Bonchev–Trinajstić information content (AvgIpc) is 2.56. The van der Waals surface area contributed by atoms with Crippen LogP contribution < -0.4 is 14.2 Å². The molecule has 0 radical (unpaired) electrons. The molecule has 0 saturated carbocycles. The lowest BCUT2D eigenvalue weighted by atomic mass is 10.2. The molecule has 0 spiro atoms. The van der Waals surface area contributed by atoms with Crippen LogP contribution in [0.5, 0.6) is 17.2 Å². The first-order valence-corrected chi connectivity index (χ1v) is 8.01. The summed E-state index contributed by atoms with van der Waals surface area (Å²) in [5.74, 6) is 0.812. The summed E-state index contributed by atoms with van der Waals surface area (Å²) >= 11 is 5.57. The van der Waals surface area contributed by atoms with Crippen molar-refractivity contribution in [2.24, 2.45) is 0 Å². The Morgan fingerprint density at radius 3 is 1.62 bits per heavy atom. The van der Waals surface area contributed by atoms with E-state index in [2.05, 4.69) is 0 Å².